The van der Waals surface area contributed by atoms with Gasteiger partial charge in [0.2, 0.25) is 0 Å². The van der Waals surface area contributed by atoms with Gasteiger partial charge in [0.25, 0.3) is 10.1 Å². The third-order valence-electron chi connectivity index (χ3n) is 4.19. The number of hydrogen-bond acceptors (Lipinski definition) is 7. The van der Waals surface area contributed by atoms with Crippen LogP contribution in [0.1, 0.15) is 5.56 Å². The number of anilines is 2. The fraction of sp³-hybridized carbons (Fsp3) is 0.562. The molecule has 1 aromatic rings. The predicted octanol–water partition coefficient (Wildman–Crippen LogP) is 1.13. The van der Waals surface area contributed by atoms with E-state index in [-0.39, 0.29) is 13.2 Å². The van der Waals surface area contributed by atoms with Gasteiger partial charge in [-0.3, -0.25) is 9.08 Å². The number of cyclic esters (lactones) is 1. The van der Waals surface area contributed by atoms with Gasteiger partial charge in [-0.05, 0) is 30.7 Å². The lowest BCUT2D eigenvalue weighted by Gasteiger charge is -2.30. The Morgan fingerprint density at radius 3 is 2.64 bits per heavy atom. The standard InChI is InChI=1S/C16H22N2O6S/c1-12-9-13(3-4-15(12)17-5-7-22-8-6-17)18-10-14(24-16(18)19)11-23-25(2,20)21/h3-4,9,14H,5-8,10-11H2,1-2H3/t14-/m1/s1. The molecule has 2 saturated heterocycles. The second-order valence-electron chi connectivity index (χ2n) is 6.18. The lowest BCUT2D eigenvalue weighted by molar-refractivity contribution is 0.107. The van der Waals surface area contributed by atoms with E-state index in [1.165, 1.54) is 4.90 Å². The number of ether oxygens (including phenoxy) is 2. The third kappa shape index (κ3) is 4.42. The van der Waals surface area contributed by atoms with E-state index in [0.717, 1.165) is 36.3 Å². The molecule has 2 aliphatic heterocycles. The van der Waals surface area contributed by atoms with E-state index in [9.17, 15) is 13.2 Å². The van der Waals surface area contributed by atoms with Crippen LogP contribution in [0, 0.1) is 6.92 Å². The van der Waals surface area contributed by atoms with E-state index in [1.807, 2.05) is 25.1 Å². The molecule has 1 amide bonds. The number of morpholine rings is 1. The van der Waals surface area contributed by atoms with E-state index in [2.05, 4.69) is 4.90 Å². The maximum atomic E-state index is 12.1. The molecule has 8 nitrogen and oxygen atoms in total. The number of aryl methyl sites for hydroxylation is 1. The summed E-state index contributed by atoms with van der Waals surface area (Å²) in [6.07, 6.45) is -0.142. The summed E-state index contributed by atoms with van der Waals surface area (Å²) in [5.41, 5.74) is 2.90. The summed E-state index contributed by atoms with van der Waals surface area (Å²) in [6, 6.07) is 5.80. The smallest absolute Gasteiger partial charge is 0.414 e. The molecule has 3 rings (SSSR count). The SMILES string of the molecule is Cc1cc(N2C[C@H](COS(C)(=O)=O)OC2=O)ccc1N1CCOCC1. The molecule has 0 saturated carbocycles. The first kappa shape index (κ1) is 18.0. The van der Waals surface area contributed by atoms with Gasteiger partial charge in [-0.2, -0.15) is 8.42 Å². The zero-order chi connectivity index (χ0) is 18.0. The zero-order valence-electron chi connectivity index (χ0n) is 14.3. The van der Waals surface area contributed by atoms with E-state index in [4.69, 9.17) is 13.7 Å². The van der Waals surface area contributed by atoms with Crippen LogP contribution in [0.5, 0.6) is 0 Å². The highest BCUT2D eigenvalue weighted by molar-refractivity contribution is 7.85. The van der Waals surface area contributed by atoms with E-state index >= 15 is 0 Å². The molecule has 9 heteroatoms. The molecular formula is C16H22N2O6S. The lowest BCUT2D eigenvalue weighted by Crippen LogP contribution is -2.36. The summed E-state index contributed by atoms with van der Waals surface area (Å²) < 4.78 is 37.4. The van der Waals surface area contributed by atoms with Crippen LogP contribution in [-0.2, 0) is 23.8 Å². The molecule has 2 fully saturated rings. The average molecular weight is 370 g/mol. The predicted molar refractivity (Wildman–Crippen MR) is 92.6 cm³/mol. The maximum Gasteiger partial charge on any atom is 0.414 e. The lowest BCUT2D eigenvalue weighted by atomic mass is 10.1. The summed E-state index contributed by atoms with van der Waals surface area (Å²) in [7, 11) is -3.56. The van der Waals surface area contributed by atoms with Crippen molar-refractivity contribution in [2.45, 2.75) is 13.0 Å². The summed E-state index contributed by atoms with van der Waals surface area (Å²) >= 11 is 0. The van der Waals surface area contributed by atoms with Crippen LogP contribution in [0.3, 0.4) is 0 Å². The molecule has 25 heavy (non-hydrogen) atoms. The van der Waals surface area contributed by atoms with Crippen LogP contribution in [0.4, 0.5) is 16.2 Å². The molecule has 0 N–H and O–H groups in total. The Labute approximate surface area is 147 Å². The third-order valence-corrected chi connectivity index (χ3v) is 4.75. The number of amides is 1. The van der Waals surface area contributed by atoms with Crippen molar-refractivity contribution in [3.05, 3.63) is 23.8 Å². The highest BCUT2D eigenvalue weighted by atomic mass is 32.2. The van der Waals surface area contributed by atoms with Gasteiger partial charge in [0.15, 0.2) is 0 Å². The van der Waals surface area contributed by atoms with Gasteiger partial charge in [0, 0.05) is 24.5 Å². The summed E-state index contributed by atoms with van der Waals surface area (Å²) in [5.74, 6) is 0. The molecule has 0 aliphatic carbocycles. The molecule has 0 spiro atoms. The molecule has 138 valence electrons. The molecule has 0 radical (unpaired) electrons. The Morgan fingerprint density at radius 1 is 1.28 bits per heavy atom. The fourth-order valence-corrected chi connectivity index (χ4v) is 3.38. The van der Waals surface area contributed by atoms with Crippen LogP contribution in [0.25, 0.3) is 0 Å². The minimum absolute atomic E-state index is 0.175. The molecule has 2 heterocycles. The first-order valence-electron chi connectivity index (χ1n) is 8.09. The molecule has 1 atom stereocenters. The van der Waals surface area contributed by atoms with Gasteiger partial charge in [-0.25, -0.2) is 4.79 Å². The van der Waals surface area contributed by atoms with Crippen LogP contribution < -0.4 is 9.80 Å². The quantitative estimate of drug-likeness (QED) is 0.718. The van der Waals surface area contributed by atoms with Crippen molar-refractivity contribution in [3.63, 3.8) is 0 Å². The fourth-order valence-electron chi connectivity index (χ4n) is 2.99. The second kappa shape index (κ2) is 7.19. The van der Waals surface area contributed by atoms with E-state index in [1.54, 1.807) is 0 Å². The molecule has 0 unspecified atom stereocenters. The number of carbonyl (C=O) groups excluding carboxylic acids is 1. The number of benzene rings is 1. The Balaban J connectivity index is 1.69. The number of hydrogen-bond donors (Lipinski definition) is 0. The van der Waals surface area contributed by atoms with Crippen molar-refractivity contribution in [2.75, 3.05) is 55.5 Å². The summed E-state index contributed by atoms with van der Waals surface area (Å²) in [6.45, 7) is 5.19. The topological polar surface area (TPSA) is 85.4 Å². The van der Waals surface area contributed by atoms with Gasteiger partial charge < -0.3 is 14.4 Å². The highest BCUT2D eigenvalue weighted by Crippen LogP contribution is 2.29. The molecule has 2 aliphatic rings. The van der Waals surface area contributed by atoms with Gasteiger partial charge in [0.1, 0.15) is 12.7 Å². The Bertz CT molecular complexity index is 745. The normalized spacial score (nSPS) is 21.5. The van der Waals surface area contributed by atoms with Crippen molar-refractivity contribution >= 4 is 27.6 Å². The van der Waals surface area contributed by atoms with Gasteiger partial charge >= 0.3 is 6.09 Å². The second-order valence-corrected chi connectivity index (χ2v) is 7.82. The van der Waals surface area contributed by atoms with E-state index < -0.39 is 22.3 Å². The van der Waals surface area contributed by atoms with Crippen molar-refractivity contribution < 1.29 is 26.9 Å². The molecular weight excluding hydrogens is 348 g/mol. The molecule has 0 bridgehead atoms. The first-order valence-corrected chi connectivity index (χ1v) is 9.91. The number of nitrogens with zero attached hydrogens (tertiary/aromatic N) is 2. The van der Waals surface area contributed by atoms with Gasteiger partial charge in [-0.1, -0.05) is 0 Å². The van der Waals surface area contributed by atoms with Crippen LogP contribution in [0.15, 0.2) is 18.2 Å². The van der Waals surface area contributed by atoms with Crippen LogP contribution in [0.2, 0.25) is 0 Å². The van der Waals surface area contributed by atoms with Crippen molar-refractivity contribution in [1.82, 2.24) is 0 Å². The van der Waals surface area contributed by atoms with Gasteiger partial charge in [0.05, 0.1) is 26.0 Å². The highest BCUT2D eigenvalue weighted by Gasteiger charge is 2.33. The Hall–Kier alpha value is -1.84. The van der Waals surface area contributed by atoms with Crippen molar-refractivity contribution in [2.24, 2.45) is 0 Å². The maximum absolute atomic E-state index is 12.1. The molecule has 0 aromatic heterocycles. The molecule has 1 aromatic carbocycles. The Morgan fingerprint density at radius 2 is 2.00 bits per heavy atom. The largest absolute Gasteiger partial charge is 0.441 e. The van der Waals surface area contributed by atoms with Crippen LogP contribution >= 0.6 is 0 Å². The van der Waals surface area contributed by atoms with Gasteiger partial charge in [-0.15, -0.1) is 0 Å². The van der Waals surface area contributed by atoms with Crippen molar-refractivity contribution in [3.8, 4) is 0 Å². The van der Waals surface area contributed by atoms with E-state index in [0.29, 0.717) is 13.2 Å². The first-order chi connectivity index (χ1) is 11.8. The Kier molecular flexibility index (Phi) is 5.16. The zero-order valence-corrected chi connectivity index (χ0v) is 15.1. The van der Waals surface area contributed by atoms with Crippen molar-refractivity contribution in [1.29, 1.82) is 0 Å². The minimum atomic E-state index is -3.56. The monoisotopic (exact) mass is 370 g/mol. The summed E-state index contributed by atoms with van der Waals surface area (Å²) in [4.78, 5) is 15.8. The van der Waals surface area contributed by atoms with Crippen LogP contribution in [-0.4, -0.2) is 66.3 Å². The number of rotatable bonds is 5. The summed E-state index contributed by atoms with van der Waals surface area (Å²) in [5, 5.41) is 0. The minimum Gasteiger partial charge on any atom is -0.441 e. The number of carbonyl (C=O) groups is 1. The average Bonchev–Trinajstić information content (AvgIpc) is 2.94.